The van der Waals surface area contributed by atoms with Crippen molar-refractivity contribution < 1.29 is 38.1 Å². The van der Waals surface area contributed by atoms with E-state index in [9.17, 15) is 14.4 Å². The molecule has 2 bridgehead atoms. The molecule has 0 spiro atoms. The average molecular weight is 423 g/mol. The van der Waals surface area contributed by atoms with Crippen LogP contribution in [-0.2, 0) is 38.1 Å². The first-order valence-electron chi connectivity index (χ1n) is 11.1. The summed E-state index contributed by atoms with van der Waals surface area (Å²) in [6.07, 6.45) is 4.01. The van der Waals surface area contributed by atoms with Gasteiger partial charge >= 0.3 is 17.9 Å². The lowest BCUT2D eigenvalue weighted by atomic mass is 9.78. The molecule has 166 valence electrons. The van der Waals surface area contributed by atoms with Crippen molar-refractivity contribution in [3.05, 3.63) is 0 Å². The lowest BCUT2D eigenvalue weighted by molar-refractivity contribution is -0.175. The van der Waals surface area contributed by atoms with Crippen LogP contribution in [0.4, 0.5) is 0 Å². The normalized spacial score (nSPS) is 38.1. The number of morpholine rings is 1. The Kier molecular flexibility index (Phi) is 5.68. The summed E-state index contributed by atoms with van der Waals surface area (Å²) in [5.41, 5.74) is 0. The Morgan fingerprint density at radius 1 is 1.10 bits per heavy atom. The number of carbonyl (C=O) groups is 3. The molecule has 0 amide bonds. The summed E-state index contributed by atoms with van der Waals surface area (Å²) in [6, 6.07) is 0. The molecule has 9 nitrogen and oxygen atoms in total. The molecule has 5 fully saturated rings. The summed E-state index contributed by atoms with van der Waals surface area (Å²) in [5.74, 6) is -2.63. The molecule has 0 aromatic carbocycles. The second kappa shape index (κ2) is 8.43. The van der Waals surface area contributed by atoms with E-state index in [-0.39, 0.29) is 43.2 Å². The second-order valence-corrected chi connectivity index (χ2v) is 9.01. The molecule has 2 heterocycles. The zero-order chi connectivity index (χ0) is 20.7. The Labute approximate surface area is 175 Å². The van der Waals surface area contributed by atoms with E-state index >= 15 is 0 Å². The van der Waals surface area contributed by atoms with E-state index in [4.69, 9.17) is 23.7 Å². The second-order valence-electron chi connectivity index (χ2n) is 9.01. The van der Waals surface area contributed by atoms with Gasteiger partial charge in [-0.3, -0.25) is 19.3 Å². The Bertz CT molecular complexity index is 686. The molecule has 6 atom stereocenters. The fourth-order valence-corrected chi connectivity index (χ4v) is 5.94. The lowest BCUT2D eigenvalue weighted by Crippen LogP contribution is -2.46. The Morgan fingerprint density at radius 3 is 2.63 bits per heavy atom. The van der Waals surface area contributed by atoms with Crippen LogP contribution in [0.15, 0.2) is 0 Å². The molecule has 5 aliphatic rings. The molecule has 3 saturated carbocycles. The van der Waals surface area contributed by atoms with E-state index in [1.165, 1.54) is 0 Å². The van der Waals surface area contributed by atoms with Crippen LogP contribution in [0.2, 0.25) is 0 Å². The fraction of sp³-hybridized carbons (Fsp3) is 0.857. The summed E-state index contributed by atoms with van der Waals surface area (Å²) in [4.78, 5) is 39.7. The minimum Gasteiger partial charge on any atom is -0.458 e. The molecule has 0 radical (unpaired) electrons. The van der Waals surface area contributed by atoms with Crippen LogP contribution in [0.25, 0.3) is 0 Å². The monoisotopic (exact) mass is 423 g/mol. The first kappa shape index (κ1) is 20.2. The smallest absolute Gasteiger partial charge is 0.320 e. The molecule has 0 N–H and O–H groups in total. The Morgan fingerprint density at radius 2 is 1.87 bits per heavy atom. The Balaban J connectivity index is 1.19. The van der Waals surface area contributed by atoms with Gasteiger partial charge in [0.2, 0.25) is 0 Å². The fourth-order valence-electron chi connectivity index (χ4n) is 5.94. The quantitative estimate of drug-likeness (QED) is 0.329. The SMILES string of the molecule is O=C(CN1CCOCC1)OC1C2CC3C1OC(=O)C3C2C(=O)OCOC1CCCC1. The van der Waals surface area contributed by atoms with Crippen molar-refractivity contribution in [1.29, 1.82) is 0 Å². The molecule has 6 unspecified atom stereocenters. The topological polar surface area (TPSA) is 101 Å². The average Bonchev–Trinajstić information content (AvgIpc) is 3.48. The van der Waals surface area contributed by atoms with Gasteiger partial charge in [0, 0.05) is 24.9 Å². The summed E-state index contributed by atoms with van der Waals surface area (Å²) in [6.45, 7) is 2.64. The zero-order valence-corrected chi connectivity index (χ0v) is 17.0. The first-order valence-corrected chi connectivity index (χ1v) is 11.1. The van der Waals surface area contributed by atoms with Crippen LogP contribution < -0.4 is 0 Å². The van der Waals surface area contributed by atoms with Crippen molar-refractivity contribution in [2.24, 2.45) is 23.7 Å². The number of esters is 3. The first-order chi connectivity index (χ1) is 14.6. The highest BCUT2D eigenvalue weighted by Gasteiger charge is 2.70. The number of hydrogen-bond acceptors (Lipinski definition) is 9. The third-order valence-electron chi connectivity index (χ3n) is 7.35. The van der Waals surface area contributed by atoms with E-state index < -0.39 is 30.0 Å². The van der Waals surface area contributed by atoms with Crippen LogP contribution in [0.3, 0.4) is 0 Å². The number of hydrogen-bond donors (Lipinski definition) is 0. The third kappa shape index (κ3) is 3.71. The van der Waals surface area contributed by atoms with E-state index in [1.807, 2.05) is 4.90 Å². The maximum atomic E-state index is 12.8. The van der Waals surface area contributed by atoms with Gasteiger partial charge in [-0.15, -0.1) is 0 Å². The Hall–Kier alpha value is -1.71. The van der Waals surface area contributed by atoms with Crippen molar-refractivity contribution in [3.63, 3.8) is 0 Å². The van der Waals surface area contributed by atoms with Gasteiger partial charge in [0.05, 0.1) is 37.7 Å². The molecule has 30 heavy (non-hydrogen) atoms. The van der Waals surface area contributed by atoms with Gasteiger partial charge in [-0.2, -0.15) is 0 Å². The van der Waals surface area contributed by atoms with Crippen molar-refractivity contribution in [2.75, 3.05) is 39.6 Å². The number of carbonyl (C=O) groups excluding carboxylic acids is 3. The van der Waals surface area contributed by atoms with Gasteiger partial charge in [-0.05, 0) is 19.3 Å². The summed E-state index contributed by atoms with van der Waals surface area (Å²) < 4.78 is 27.6. The molecule has 3 aliphatic carbocycles. The van der Waals surface area contributed by atoms with E-state index in [1.54, 1.807) is 0 Å². The minimum absolute atomic E-state index is 0.0861. The number of ether oxygens (including phenoxy) is 5. The van der Waals surface area contributed by atoms with Gasteiger partial charge in [-0.1, -0.05) is 12.8 Å². The van der Waals surface area contributed by atoms with Gasteiger partial charge in [0.25, 0.3) is 0 Å². The number of nitrogens with zero attached hydrogens (tertiary/aromatic N) is 1. The minimum atomic E-state index is -0.630. The van der Waals surface area contributed by atoms with Crippen molar-refractivity contribution in [1.82, 2.24) is 4.90 Å². The molecule has 5 rings (SSSR count). The maximum absolute atomic E-state index is 12.8. The maximum Gasteiger partial charge on any atom is 0.320 e. The van der Waals surface area contributed by atoms with Gasteiger partial charge in [0.15, 0.2) is 6.79 Å². The molecule has 9 heteroatoms. The molecular weight excluding hydrogens is 394 g/mol. The molecule has 0 aromatic heterocycles. The van der Waals surface area contributed by atoms with Crippen molar-refractivity contribution in [2.45, 2.75) is 50.4 Å². The summed E-state index contributed by atoms with van der Waals surface area (Å²) >= 11 is 0. The predicted molar refractivity (Wildman–Crippen MR) is 99.9 cm³/mol. The lowest BCUT2D eigenvalue weighted by Gasteiger charge is -2.31. The van der Waals surface area contributed by atoms with Gasteiger partial charge in [0.1, 0.15) is 12.2 Å². The standard InChI is InChI=1S/C21H29NO8/c23-15(10-22-5-7-26-8-6-22)29-18-13-9-14-17(21(25)30-19(14)18)16(13)20(24)28-11-27-12-3-1-2-4-12/h12-14,16-19H,1-11H2. The van der Waals surface area contributed by atoms with Crippen LogP contribution >= 0.6 is 0 Å². The van der Waals surface area contributed by atoms with E-state index in [0.717, 1.165) is 25.7 Å². The van der Waals surface area contributed by atoms with E-state index in [2.05, 4.69) is 0 Å². The van der Waals surface area contributed by atoms with Gasteiger partial charge < -0.3 is 23.7 Å². The molecule has 2 saturated heterocycles. The highest BCUT2D eigenvalue weighted by atomic mass is 16.7. The summed E-state index contributed by atoms with van der Waals surface area (Å²) in [5, 5.41) is 0. The van der Waals surface area contributed by atoms with Crippen LogP contribution in [0.5, 0.6) is 0 Å². The number of fused-ring (bicyclic) bond motifs is 1. The third-order valence-corrected chi connectivity index (χ3v) is 7.35. The summed E-state index contributed by atoms with van der Waals surface area (Å²) in [7, 11) is 0. The van der Waals surface area contributed by atoms with Crippen molar-refractivity contribution in [3.8, 4) is 0 Å². The highest BCUT2D eigenvalue weighted by Crippen LogP contribution is 2.59. The van der Waals surface area contributed by atoms with Crippen LogP contribution in [0.1, 0.15) is 32.1 Å². The van der Waals surface area contributed by atoms with Crippen LogP contribution in [-0.4, -0.2) is 80.8 Å². The molecule has 2 aliphatic heterocycles. The number of rotatable bonds is 7. The van der Waals surface area contributed by atoms with E-state index in [0.29, 0.717) is 32.7 Å². The predicted octanol–water partition coefficient (Wildman–Crippen LogP) is 0.498. The zero-order valence-electron chi connectivity index (χ0n) is 17.0. The molecular formula is C21H29NO8. The molecule has 0 aromatic rings. The highest BCUT2D eigenvalue weighted by molar-refractivity contribution is 5.86. The van der Waals surface area contributed by atoms with Gasteiger partial charge in [-0.25, -0.2) is 0 Å². The van der Waals surface area contributed by atoms with Crippen LogP contribution in [0, 0.1) is 23.7 Å². The van der Waals surface area contributed by atoms with Crippen molar-refractivity contribution >= 4 is 17.9 Å². The largest absolute Gasteiger partial charge is 0.458 e.